The molecule has 284 valence electrons. The fourth-order valence-corrected chi connectivity index (χ4v) is 10.6. The van der Waals surface area contributed by atoms with Gasteiger partial charge in [-0.1, -0.05) is 20.1 Å². The van der Waals surface area contributed by atoms with E-state index < -0.39 is 67.2 Å². The average molecular weight is 719 g/mol. The summed E-state index contributed by atoms with van der Waals surface area (Å²) in [6.07, 6.45) is -0.578. The summed E-state index contributed by atoms with van der Waals surface area (Å²) in [5.41, 5.74) is 2.05. The van der Waals surface area contributed by atoms with Gasteiger partial charge in [-0.15, -0.1) is 0 Å². The number of methoxy groups -OCH3 is 1. The second-order valence-corrected chi connectivity index (χ2v) is 16.5. The Kier molecular flexibility index (Phi) is 9.44. The van der Waals surface area contributed by atoms with E-state index in [2.05, 4.69) is 20.1 Å². The van der Waals surface area contributed by atoms with Crippen molar-refractivity contribution in [3.63, 3.8) is 0 Å². The molecule has 0 aliphatic carbocycles. The number of hydrogen-bond acceptors (Lipinski definition) is 13. The van der Waals surface area contributed by atoms with Crippen LogP contribution in [-0.2, 0) is 52.2 Å². The van der Waals surface area contributed by atoms with Gasteiger partial charge in [0.2, 0.25) is 0 Å². The Bertz CT molecular complexity index is 1360. The van der Waals surface area contributed by atoms with Gasteiger partial charge in [-0.3, -0.25) is 4.79 Å². The first kappa shape index (κ1) is 35.2. The van der Waals surface area contributed by atoms with E-state index in [1.165, 1.54) is 7.11 Å². The van der Waals surface area contributed by atoms with Crippen molar-refractivity contribution in [3.8, 4) is 0 Å². The fourth-order valence-electron chi connectivity index (χ4n) is 10.6. The van der Waals surface area contributed by atoms with Gasteiger partial charge in [0, 0.05) is 26.4 Å². The first-order chi connectivity index (χ1) is 24.6. The smallest absolute Gasteiger partial charge is 0.308 e. The van der Waals surface area contributed by atoms with Crippen LogP contribution >= 0.6 is 0 Å². The Hall–Kier alpha value is -1.49. The molecule has 0 saturated carbocycles. The molecule has 10 aliphatic rings. The van der Waals surface area contributed by atoms with Crippen LogP contribution in [0.15, 0.2) is 24.3 Å². The standard InChI is InChI=1S/C38H54O13/c1-17-11-20-5-7-23-18(2)12-22(43-23)9-10-38-15-27-33(50-38)35-36(48-27)37(51-38)31-24(47-35)8-6-21(45-31)13-29(40)49-32-26(14-25(44-20)19(17)3)46-28(16-39)30(41)34(32)42-4/h17,20-28,30-37,39,41H,2-3,5-16H2,1,4H3/t17-,20+,21-,22+,23+,24+,25-,26+,27-,28+,30-,31+,32+,33+,34+,35?,36-,37+,38+/m1/s1. The minimum Gasteiger partial charge on any atom is -0.457 e. The summed E-state index contributed by atoms with van der Waals surface area (Å²) in [5.74, 6) is -1.11. The van der Waals surface area contributed by atoms with Crippen LogP contribution in [0.4, 0.5) is 0 Å². The van der Waals surface area contributed by atoms with Crippen LogP contribution < -0.4 is 0 Å². The number of aliphatic hydroxyl groups excluding tert-OH is 2. The van der Waals surface area contributed by atoms with Crippen molar-refractivity contribution in [2.45, 2.75) is 187 Å². The van der Waals surface area contributed by atoms with E-state index in [9.17, 15) is 15.0 Å². The number of hydrogen-bond donors (Lipinski definition) is 2. The molecule has 0 radical (unpaired) electrons. The molecule has 1 unspecified atom stereocenters. The Morgan fingerprint density at radius 2 is 1.51 bits per heavy atom. The maximum absolute atomic E-state index is 13.8. The molecule has 0 aromatic rings. The van der Waals surface area contributed by atoms with E-state index in [4.69, 9.17) is 47.4 Å². The van der Waals surface area contributed by atoms with E-state index in [1.54, 1.807) is 0 Å². The maximum atomic E-state index is 13.8. The molecule has 10 fully saturated rings. The van der Waals surface area contributed by atoms with E-state index in [0.29, 0.717) is 32.1 Å². The number of fused-ring (bicyclic) bond motifs is 6. The SMILES string of the molecule is C=C1C[C@@H]2CC[C@@]34C[C@H]5O[C@@H]6C(O[C@H]7CC[C@H](CC(=O)O[C@@H]8[C@@H](OC)[C@H](O)[C@H](CO)O[C@H]8C[C@H]8O[C@@H](CC[C@@H]1O2)C[C@@H](C)C8=C)O[C@@H]7[C@@H]6O3)[C@H]5O4. The second-order valence-electron chi connectivity index (χ2n) is 16.5. The van der Waals surface area contributed by atoms with Crippen molar-refractivity contribution >= 4 is 5.97 Å². The van der Waals surface area contributed by atoms with E-state index in [-0.39, 0.29) is 67.3 Å². The molecule has 51 heavy (non-hydrogen) atoms. The highest BCUT2D eigenvalue weighted by atomic mass is 16.8. The van der Waals surface area contributed by atoms with Crippen LogP contribution in [0, 0.1) is 5.92 Å². The zero-order valence-electron chi connectivity index (χ0n) is 29.7. The number of carbonyl (C=O) groups is 1. The van der Waals surface area contributed by atoms with Crippen molar-refractivity contribution in [3.05, 3.63) is 24.3 Å². The average Bonchev–Trinajstić information content (AvgIpc) is 3.69. The summed E-state index contributed by atoms with van der Waals surface area (Å²) in [5, 5.41) is 21.2. The van der Waals surface area contributed by atoms with E-state index in [0.717, 1.165) is 43.3 Å². The predicted molar refractivity (Wildman–Crippen MR) is 176 cm³/mol. The Morgan fingerprint density at radius 1 is 0.765 bits per heavy atom. The van der Waals surface area contributed by atoms with Crippen molar-refractivity contribution in [2.75, 3.05) is 13.7 Å². The number of aliphatic hydroxyl groups is 2. The zero-order chi connectivity index (χ0) is 35.2. The molecular weight excluding hydrogens is 664 g/mol. The summed E-state index contributed by atoms with van der Waals surface area (Å²) in [6.45, 7) is 10.5. The second kappa shape index (κ2) is 13.7. The minimum absolute atomic E-state index is 0.00716. The van der Waals surface area contributed by atoms with E-state index >= 15 is 0 Å². The zero-order valence-corrected chi connectivity index (χ0v) is 29.7. The summed E-state index contributed by atoms with van der Waals surface area (Å²) < 4.78 is 64.9. The molecule has 10 heterocycles. The lowest BCUT2D eigenvalue weighted by molar-refractivity contribution is -0.293. The van der Waals surface area contributed by atoms with Crippen LogP contribution in [0.2, 0.25) is 0 Å². The van der Waals surface area contributed by atoms with Gasteiger partial charge in [0.05, 0.1) is 55.8 Å². The number of carbonyl (C=O) groups excluding carboxylic acids is 1. The van der Waals surface area contributed by atoms with Crippen molar-refractivity contribution < 1.29 is 62.4 Å². The number of rotatable bonds is 2. The lowest BCUT2D eigenvalue weighted by atomic mass is 9.83. The highest BCUT2D eigenvalue weighted by molar-refractivity contribution is 5.70. The molecule has 13 nitrogen and oxygen atoms in total. The summed E-state index contributed by atoms with van der Waals surface area (Å²) in [7, 11) is 1.46. The summed E-state index contributed by atoms with van der Waals surface area (Å²) >= 11 is 0. The summed E-state index contributed by atoms with van der Waals surface area (Å²) in [4.78, 5) is 13.8. The minimum atomic E-state index is -1.21. The molecule has 12 bridgehead atoms. The van der Waals surface area contributed by atoms with E-state index in [1.807, 2.05) is 0 Å². The lowest BCUT2D eigenvalue weighted by Crippen LogP contribution is -2.62. The highest BCUT2D eigenvalue weighted by Crippen LogP contribution is 2.54. The molecule has 0 aromatic heterocycles. The number of ether oxygens (including phenoxy) is 10. The molecule has 1 spiro atoms. The van der Waals surface area contributed by atoms with Crippen molar-refractivity contribution in [2.24, 2.45) is 5.92 Å². The Labute approximate surface area is 299 Å². The molecular formula is C38H54O13. The van der Waals surface area contributed by atoms with Crippen molar-refractivity contribution in [1.29, 1.82) is 0 Å². The molecule has 10 rings (SSSR count). The van der Waals surface area contributed by atoms with Crippen LogP contribution in [0.1, 0.15) is 77.6 Å². The Morgan fingerprint density at radius 3 is 2.33 bits per heavy atom. The van der Waals surface area contributed by atoms with Crippen LogP contribution in [-0.4, -0.2) is 139 Å². The third-order valence-electron chi connectivity index (χ3n) is 13.3. The van der Waals surface area contributed by atoms with Gasteiger partial charge in [0.1, 0.15) is 54.9 Å². The molecule has 10 saturated heterocycles. The maximum Gasteiger partial charge on any atom is 0.308 e. The lowest BCUT2D eigenvalue weighted by Gasteiger charge is -2.47. The fraction of sp³-hybridized carbons (Fsp3) is 0.868. The normalized spacial score (nSPS) is 54.1. The Balaban J connectivity index is 1.00. The van der Waals surface area contributed by atoms with Gasteiger partial charge in [-0.25, -0.2) is 0 Å². The molecule has 0 amide bonds. The molecule has 0 aromatic carbocycles. The molecule has 13 heteroatoms. The van der Waals surface area contributed by atoms with Gasteiger partial charge < -0.3 is 57.6 Å². The monoisotopic (exact) mass is 718 g/mol. The summed E-state index contributed by atoms with van der Waals surface area (Å²) in [6, 6.07) is 0. The molecule has 10 aliphatic heterocycles. The third-order valence-corrected chi connectivity index (χ3v) is 13.3. The topological polar surface area (TPSA) is 150 Å². The molecule has 2 N–H and O–H groups in total. The molecule has 19 atom stereocenters. The third kappa shape index (κ3) is 6.26. The van der Waals surface area contributed by atoms with Crippen molar-refractivity contribution in [1.82, 2.24) is 0 Å². The van der Waals surface area contributed by atoms with Gasteiger partial charge >= 0.3 is 5.97 Å². The first-order valence-electron chi connectivity index (χ1n) is 19.3. The van der Waals surface area contributed by atoms with Crippen LogP contribution in [0.25, 0.3) is 0 Å². The number of esters is 1. The first-order valence-corrected chi connectivity index (χ1v) is 19.3. The highest BCUT2D eigenvalue weighted by Gasteiger charge is 2.68. The van der Waals surface area contributed by atoms with Gasteiger partial charge in [0.15, 0.2) is 11.9 Å². The van der Waals surface area contributed by atoms with Gasteiger partial charge in [-0.2, -0.15) is 0 Å². The van der Waals surface area contributed by atoms with Crippen LogP contribution in [0.5, 0.6) is 0 Å². The largest absolute Gasteiger partial charge is 0.457 e. The quantitative estimate of drug-likeness (QED) is 0.318. The predicted octanol–water partition coefficient (Wildman–Crippen LogP) is 2.42. The van der Waals surface area contributed by atoms with Gasteiger partial charge in [-0.05, 0) is 62.0 Å². The van der Waals surface area contributed by atoms with Crippen LogP contribution in [0.3, 0.4) is 0 Å². The van der Waals surface area contributed by atoms with Gasteiger partial charge in [0.25, 0.3) is 0 Å².